The zero-order valence-electron chi connectivity index (χ0n) is 9.48. The highest BCUT2D eigenvalue weighted by Gasteiger charge is 1.90. The van der Waals surface area contributed by atoms with Crippen LogP contribution in [0.4, 0.5) is 11.4 Å². The predicted molar refractivity (Wildman–Crippen MR) is 72.7 cm³/mol. The summed E-state index contributed by atoms with van der Waals surface area (Å²) in [6, 6.07) is 17.6. The number of hydrogen-bond donors (Lipinski definition) is 2. The van der Waals surface area contributed by atoms with Crippen LogP contribution in [0.25, 0.3) is 0 Å². The largest absolute Gasteiger partial charge is 0.398 e. The fourth-order valence-electron chi connectivity index (χ4n) is 1.45. The van der Waals surface area contributed by atoms with Gasteiger partial charge >= 0.3 is 0 Å². The summed E-state index contributed by atoms with van der Waals surface area (Å²) in [5.74, 6) is 6.10. The molecule has 17 heavy (non-hydrogen) atoms. The van der Waals surface area contributed by atoms with Crippen molar-refractivity contribution in [1.82, 2.24) is 0 Å². The summed E-state index contributed by atoms with van der Waals surface area (Å²) in [5.41, 5.74) is 8.46. The Morgan fingerprint density at radius 1 is 0.941 bits per heavy atom. The predicted octanol–water partition coefficient (Wildman–Crippen LogP) is 2.73. The number of hydrogen-bond acceptors (Lipinski definition) is 2. The van der Waals surface area contributed by atoms with Gasteiger partial charge in [0.25, 0.3) is 0 Å². The summed E-state index contributed by atoms with van der Waals surface area (Å²) in [5, 5.41) is 3.22. The van der Waals surface area contributed by atoms with E-state index in [0.29, 0.717) is 6.54 Å². The van der Waals surface area contributed by atoms with Crippen LogP contribution in [0.5, 0.6) is 0 Å². The Morgan fingerprint density at radius 2 is 1.65 bits per heavy atom. The second-order valence-corrected chi connectivity index (χ2v) is 3.61. The van der Waals surface area contributed by atoms with E-state index in [4.69, 9.17) is 5.73 Å². The standard InChI is InChI=1S/C15H14N2/c16-15-11-5-4-7-13(15)8-6-12-17-14-9-2-1-3-10-14/h1-5,7,9-11,17H,12,16H2. The Kier molecular flexibility index (Phi) is 3.67. The van der Waals surface area contributed by atoms with Crippen molar-refractivity contribution in [3.8, 4) is 11.8 Å². The highest BCUT2D eigenvalue weighted by Crippen LogP contribution is 2.08. The summed E-state index contributed by atoms with van der Waals surface area (Å²) in [6.07, 6.45) is 0. The van der Waals surface area contributed by atoms with Crippen LogP contribution >= 0.6 is 0 Å². The average molecular weight is 222 g/mol. The number of rotatable bonds is 2. The molecule has 0 atom stereocenters. The van der Waals surface area contributed by atoms with Crippen molar-refractivity contribution in [3.05, 3.63) is 60.2 Å². The van der Waals surface area contributed by atoms with E-state index in [-0.39, 0.29) is 0 Å². The summed E-state index contributed by atoms with van der Waals surface area (Å²) in [4.78, 5) is 0. The van der Waals surface area contributed by atoms with Crippen LogP contribution < -0.4 is 11.1 Å². The van der Waals surface area contributed by atoms with Gasteiger partial charge in [0.05, 0.1) is 6.54 Å². The van der Waals surface area contributed by atoms with Crippen molar-refractivity contribution in [3.63, 3.8) is 0 Å². The number of nitrogen functional groups attached to an aromatic ring is 1. The zero-order chi connectivity index (χ0) is 11.9. The van der Waals surface area contributed by atoms with Crippen molar-refractivity contribution in [2.75, 3.05) is 17.6 Å². The first-order valence-electron chi connectivity index (χ1n) is 5.48. The van der Waals surface area contributed by atoms with E-state index in [1.54, 1.807) is 0 Å². The Bertz CT molecular complexity index is 536. The molecule has 2 heteroatoms. The van der Waals surface area contributed by atoms with Crippen LogP contribution in [0.1, 0.15) is 5.56 Å². The Hall–Kier alpha value is -2.40. The molecule has 0 aromatic heterocycles. The highest BCUT2D eigenvalue weighted by molar-refractivity contribution is 5.55. The molecular weight excluding hydrogens is 208 g/mol. The first-order chi connectivity index (χ1) is 8.36. The van der Waals surface area contributed by atoms with Crippen molar-refractivity contribution in [1.29, 1.82) is 0 Å². The van der Waals surface area contributed by atoms with Crippen molar-refractivity contribution in [2.45, 2.75) is 0 Å². The third-order valence-electron chi connectivity index (χ3n) is 2.34. The Balaban J connectivity index is 1.94. The van der Waals surface area contributed by atoms with E-state index in [1.165, 1.54) is 0 Å². The van der Waals surface area contributed by atoms with Crippen molar-refractivity contribution in [2.24, 2.45) is 0 Å². The Labute approximate surface area is 101 Å². The molecular formula is C15H14N2. The van der Waals surface area contributed by atoms with E-state index in [9.17, 15) is 0 Å². The summed E-state index contributed by atoms with van der Waals surface area (Å²) in [6.45, 7) is 0.609. The molecule has 0 aliphatic carbocycles. The minimum absolute atomic E-state index is 0.609. The molecule has 0 radical (unpaired) electrons. The monoisotopic (exact) mass is 222 g/mol. The molecule has 0 bridgehead atoms. The molecule has 84 valence electrons. The minimum Gasteiger partial charge on any atom is -0.398 e. The van der Waals surface area contributed by atoms with Gasteiger partial charge in [0.15, 0.2) is 0 Å². The fraction of sp³-hybridized carbons (Fsp3) is 0.0667. The van der Waals surface area contributed by atoms with Crippen LogP contribution in [0.3, 0.4) is 0 Å². The second kappa shape index (κ2) is 5.62. The molecule has 0 amide bonds. The molecule has 0 aliphatic rings. The van der Waals surface area contributed by atoms with Gasteiger partial charge in [-0.2, -0.15) is 0 Å². The van der Waals surface area contributed by atoms with Gasteiger partial charge in [-0.1, -0.05) is 42.2 Å². The quantitative estimate of drug-likeness (QED) is 0.605. The highest BCUT2D eigenvalue weighted by atomic mass is 14.8. The van der Waals surface area contributed by atoms with Crippen LogP contribution in [-0.2, 0) is 0 Å². The number of nitrogens with two attached hydrogens (primary N) is 1. The molecule has 0 saturated carbocycles. The summed E-state index contributed by atoms with van der Waals surface area (Å²) >= 11 is 0. The molecule has 3 N–H and O–H groups in total. The lowest BCUT2D eigenvalue weighted by atomic mass is 10.2. The lowest BCUT2D eigenvalue weighted by Gasteiger charge is -2.00. The minimum atomic E-state index is 0.609. The van der Waals surface area contributed by atoms with E-state index in [1.807, 2.05) is 54.6 Å². The molecule has 2 rings (SSSR count). The number of nitrogens with one attached hydrogen (secondary N) is 1. The SMILES string of the molecule is Nc1ccccc1C#CCNc1ccccc1. The molecule has 0 spiro atoms. The molecule has 0 fully saturated rings. The number of anilines is 2. The van der Waals surface area contributed by atoms with Gasteiger partial charge in [0.1, 0.15) is 0 Å². The van der Waals surface area contributed by atoms with Crippen molar-refractivity contribution >= 4 is 11.4 Å². The third kappa shape index (κ3) is 3.29. The maximum absolute atomic E-state index is 5.79. The molecule has 0 saturated heterocycles. The Morgan fingerprint density at radius 3 is 2.41 bits per heavy atom. The summed E-state index contributed by atoms with van der Waals surface area (Å²) < 4.78 is 0. The maximum Gasteiger partial charge on any atom is 0.0769 e. The molecule has 2 aromatic rings. The lowest BCUT2D eigenvalue weighted by molar-refractivity contribution is 1.38. The normalized spacial score (nSPS) is 9.18. The molecule has 0 aliphatic heterocycles. The molecule has 0 heterocycles. The van der Waals surface area contributed by atoms with Crippen LogP contribution in [-0.4, -0.2) is 6.54 Å². The maximum atomic E-state index is 5.79. The van der Waals surface area contributed by atoms with E-state index >= 15 is 0 Å². The topological polar surface area (TPSA) is 38.0 Å². The van der Waals surface area contributed by atoms with Gasteiger partial charge in [0, 0.05) is 16.9 Å². The average Bonchev–Trinajstić information content (AvgIpc) is 2.38. The second-order valence-electron chi connectivity index (χ2n) is 3.61. The van der Waals surface area contributed by atoms with Crippen LogP contribution in [0.15, 0.2) is 54.6 Å². The van der Waals surface area contributed by atoms with Crippen LogP contribution in [0.2, 0.25) is 0 Å². The number of benzene rings is 2. The van der Waals surface area contributed by atoms with Gasteiger partial charge in [-0.15, -0.1) is 0 Å². The molecule has 0 unspecified atom stereocenters. The fourth-order valence-corrected chi connectivity index (χ4v) is 1.45. The van der Waals surface area contributed by atoms with Gasteiger partial charge in [0.2, 0.25) is 0 Å². The lowest BCUT2D eigenvalue weighted by Crippen LogP contribution is -1.98. The van der Waals surface area contributed by atoms with Gasteiger partial charge in [-0.25, -0.2) is 0 Å². The van der Waals surface area contributed by atoms with Crippen molar-refractivity contribution < 1.29 is 0 Å². The van der Waals surface area contributed by atoms with Crippen LogP contribution in [0, 0.1) is 11.8 Å². The number of para-hydroxylation sites is 2. The van der Waals surface area contributed by atoms with E-state index in [2.05, 4.69) is 17.2 Å². The van der Waals surface area contributed by atoms with Gasteiger partial charge in [-0.05, 0) is 24.3 Å². The first kappa shape index (κ1) is 11.1. The van der Waals surface area contributed by atoms with E-state index < -0.39 is 0 Å². The zero-order valence-corrected chi connectivity index (χ0v) is 9.48. The summed E-state index contributed by atoms with van der Waals surface area (Å²) in [7, 11) is 0. The molecule has 2 nitrogen and oxygen atoms in total. The third-order valence-corrected chi connectivity index (χ3v) is 2.34. The first-order valence-corrected chi connectivity index (χ1v) is 5.48. The van der Waals surface area contributed by atoms with E-state index in [0.717, 1.165) is 16.9 Å². The smallest absolute Gasteiger partial charge is 0.0769 e. The van der Waals surface area contributed by atoms with Gasteiger partial charge < -0.3 is 11.1 Å². The molecule has 2 aromatic carbocycles. The van der Waals surface area contributed by atoms with Gasteiger partial charge in [-0.3, -0.25) is 0 Å².